The third kappa shape index (κ3) is 3.58. The van der Waals surface area contributed by atoms with Crippen molar-refractivity contribution in [1.29, 1.82) is 0 Å². The van der Waals surface area contributed by atoms with E-state index in [0.29, 0.717) is 6.04 Å². The van der Waals surface area contributed by atoms with E-state index >= 15 is 0 Å². The number of hydrogen-bond donors (Lipinski definition) is 1. The monoisotopic (exact) mass is 363 g/mol. The molecule has 1 fully saturated rings. The van der Waals surface area contributed by atoms with Crippen LogP contribution in [0.25, 0.3) is 0 Å². The lowest BCUT2D eigenvalue weighted by molar-refractivity contribution is 0.223. The second kappa shape index (κ2) is 5.89. The normalized spacial score (nSPS) is 29.5. The summed E-state index contributed by atoms with van der Waals surface area (Å²) in [6, 6.07) is 2.65. The van der Waals surface area contributed by atoms with Gasteiger partial charge >= 0.3 is 0 Å². The average molecular weight is 365 g/mol. The van der Waals surface area contributed by atoms with Gasteiger partial charge in [0.05, 0.1) is 11.0 Å². The number of furan rings is 1. The Kier molecular flexibility index (Phi) is 4.72. The Morgan fingerprint density at radius 3 is 2.71 bits per heavy atom. The molecule has 2 rings (SSSR count). The second-order valence-corrected chi connectivity index (χ2v) is 6.79. The lowest BCUT2D eigenvalue weighted by Crippen LogP contribution is -2.38. The highest BCUT2D eigenvalue weighted by Gasteiger charge is 2.24. The van der Waals surface area contributed by atoms with Gasteiger partial charge in [-0.25, -0.2) is 0 Å². The topological polar surface area (TPSA) is 25.2 Å². The van der Waals surface area contributed by atoms with Gasteiger partial charge in [0.2, 0.25) is 0 Å². The second-order valence-electron chi connectivity index (χ2n) is 5.22. The van der Waals surface area contributed by atoms with Crippen molar-refractivity contribution in [2.45, 2.75) is 45.7 Å². The van der Waals surface area contributed by atoms with Gasteiger partial charge in [-0.3, -0.25) is 0 Å². The van der Waals surface area contributed by atoms with Gasteiger partial charge in [0.25, 0.3) is 0 Å². The summed E-state index contributed by atoms with van der Waals surface area (Å²) in [4.78, 5) is 0. The van der Waals surface area contributed by atoms with E-state index in [4.69, 9.17) is 4.42 Å². The molecular weight excluding hydrogens is 346 g/mol. The van der Waals surface area contributed by atoms with Gasteiger partial charge in [-0.1, -0.05) is 13.8 Å². The lowest BCUT2D eigenvalue weighted by Gasteiger charge is -2.33. The van der Waals surface area contributed by atoms with E-state index in [0.717, 1.165) is 33.3 Å². The molecule has 1 aliphatic rings. The van der Waals surface area contributed by atoms with Gasteiger partial charge in [0.15, 0.2) is 4.67 Å². The van der Waals surface area contributed by atoms with Crippen LogP contribution in [-0.4, -0.2) is 6.04 Å². The molecule has 1 aromatic heterocycles. The van der Waals surface area contributed by atoms with Crippen LogP contribution in [0, 0.1) is 11.8 Å². The Balaban J connectivity index is 1.85. The number of rotatable bonds is 3. The first-order valence-corrected chi connectivity index (χ1v) is 7.82. The molecule has 3 atom stereocenters. The van der Waals surface area contributed by atoms with E-state index in [1.165, 1.54) is 19.3 Å². The van der Waals surface area contributed by atoms with Crippen molar-refractivity contribution in [3.8, 4) is 0 Å². The van der Waals surface area contributed by atoms with Crippen molar-refractivity contribution < 1.29 is 4.42 Å². The first kappa shape index (κ1) is 13.6. The number of nitrogens with one attached hydrogen (secondary N) is 1. The highest BCUT2D eigenvalue weighted by molar-refractivity contribution is 9.13. The largest absolute Gasteiger partial charge is 0.452 e. The van der Waals surface area contributed by atoms with Crippen LogP contribution in [-0.2, 0) is 6.54 Å². The molecule has 1 aliphatic carbocycles. The summed E-state index contributed by atoms with van der Waals surface area (Å²) in [7, 11) is 0. The van der Waals surface area contributed by atoms with E-state index < -0.39 is 0 Å². The van der Waals surface area contributed by atoms with Crippen LogP contribution in [0.3, 0.4) is 0 Å². The minimum atomic E-state index is 0.633. The molecule has 2 nitrogen and oxygen atoms in total. The fourth-order valence-electron chi connectivity index (χ4n) is 2.68. The van der Waals surface area contributed by atoms with Crippen molar-refractivity contribution >= 4 is 31.9 Å². The van der Waals surface area contributed by atoms with Crippen molar-refractivity contribution in [1.82, 2.24) is 5.32 Å². The van der Waals surface area contributed by atoms with E-state index in [1.54, 1.807) is 0 Å². The quantitative estimate of drug-likeness (QED) is 0.839. The number of hydrogen-bond acceptors (Lipinski definition) is 2. The van der Waals surface area contributed by atoms with Crippen molar-refractivity contribution in [3.63, 3.8) is 0 Å². The fraction of sp³-hybridized carbons (Fsp3) is 0.692. The summed E-state index contributed by atoms with van der Waals surface area (Å²) in [6.45, 7) is 5.52. The Bertz CT molecular complexity index is 358. The summed E-state index contributed by atoms with van der Waals surface area (Å²) in [5, 5.41) is 3.61. The van der Waals surface area contributed by atoms with Crippen LogP contribution in [0.5, 0.6) is 0 Å². The van der Waals surface area contributed by atoms with Gasteiger partial charge in [-0.05, 0) is 69.0 Å². The Hall–Kier alpha value is 0.200. The molecule has 0 amide bonds. The maximum Gasteiger partial charge on any atom is 0.183 e. The molecule has 1 aromatic rings. The molecule has 96 valence electrons. The van der Waals surface area contributed by atoms with Crippen molar-refractivity contribution in [3.05, 3.63) is 21.0 Å². The Morgan fingerprint density at radius 2 is 2.12 bits per heavy atom. The van der Waals surface area contributed by atoms with Crippen LogP contribution in [0.2, 0.25) is 0 Å². The fourth-order valence-corrected chi connectivity index (χ4v) is 3.34. The molecule has 0 spiro atoms. The van der Waals surface area contributed by atoms with Crippen LogP contribution in [0.15, 0.2) is 19.6 Å². The number of halogens is 2. The third-order valence-electron chi connectivity index (χ3n) is 3.67. The summed E-state index contributed by atoms with van der Waals surface area (Å²) < 4.78 is 7.33. The summed E-state index contributed by atoms with van der Waals surface area (Å²) in [5.74, 6) is 2.63. The molecule has 0 aromatic carbocycles. The average Bonchev–Trinajstić information content (AvgIpc) is 2.57. The molecule has 0 radical (unpaired) electrons. The van der Waals surface area contributed by atoms with Crippen molar-refractivity contribution in [2.24, 2.45) is 11.8 Å². The molecular formula is C13H19Br2NO. The zero-order chi connectivity index (χ0) is 12.4. The van der Waals surface area contributed by atoms with Crippen LogP contribution < -0.4 is 5.32 Å². The molecule has 1 N–H and O–H groups in total. The van der Waals surface area contributed by atoms with E-state index in [1.807, 2.05) is 6.07 Å². The van der Waals surface area contributed by atoms with Gasteiger partial charge in [0.1, 0.15) is 5.76 Å². The van der Waals surface area contributed by atoms with E-state index in [-0.39, 0.29) is 0 Å². The van der Waals surface area contributed by atoms with Crippen LogP contribution in [0.4, 0.5) is 0 Å². The van der Waals surface area contributed by atoms with Gasteiger partial charge in [-0.15, -0.1) is 0 Å². The first-order chi connectivity index (χ1) is 8.06. The van der Waals surface area contributed by atoms with Crippen molar-refractivity contribution in [2.75, 3.05) is 0 Å². The lowest BCUT2D eigenvalue weighted by atomic mass is 9.80. The molecule has 0 aliphatic heterocycles. The zero-order valence-electron chi connectivity index (χ0n) is 10.3. The van der Waals surface area contributed by atoms with E-state index in [2.05, 4.69) is 51.0 Å². The summed E-state index contributed by atoms with van der Waals surface area (Å²) in [5.41, 5.74) is 0. The van der Waals surface area contributed by atoms with Crippen LogP contribution in [0.1, 0.15) is 38.9 Å². The van der Waals surface area contributed by atoms with Gasteiger partial charge in [-0.2, -0.15) is 0 Å². The Labute approximate surface area is 120 Å². The predicted molar refractivity (Wildman–Crippen MR) is 76.9 cm³/mol. The van der Waals surface area contributed by atoms with Crippen LogP contribution >= 0.6 is 31.9 Å². The summed E-state index contributed by atoms with van der Waals surface area (Å²) in [6.07, 6.45) is 3.96. The maximum absolute atomic E-state index is 5.57. The first-order valence-electron chi connectivity index (χ1n) is 6.23. The molecule has 3 unspecified atom stereocenters. The smallest absolute Gasteiger partial charge is 0.183 e. The highest BCUT2D eigenvalue weighted by atomic mass is 79.9. The predicted octanol–water partition coefficient (Wildman–Crippen LogP) is 4.72. The molecule has 1 saturated carbocycles. The highest BCUT2D eigenvalue weighted by Crippen LogP contribution is 2.30. The van der Waals surface area contributed by atoms with E-state index in [9.17, 15) is 0 Å². The molecule has 17 heavy (non-hydrogen) atoms. The standard InChI is InChI=1S/C13H19Br2NO/c1-8-3-4-12(9(2)5-8)16-7-10-6-11(14)13(15)17-10/h6,8-9,12,16H,3-5,7H2,1-2H3. The Morgan fingerprint density at radius 1 is 1.35 bits per heavy atom. The molecule has 0 bridgehead atoms. The third-order valence-corrected chi connectivity index (χ3v) is 5.38. The summed E-state index contributed by atoms with van der Waals surface area (Å²) >= 11 is 6.79. The molecule has 4 heteroatoms. The zero-order valence-corrected chi connectivity index (χ0v) is 13.5. The van der Waals surface area contributed by atoms with Gasteiger partial charge in [0, 0.05) is 6.04 Å². The minimum absolute atomic E-state index is 0.633. The van der Waals surface area contributed by atoms with Gasteiger partial charge < -0.3 is 9.73 Å². The minimum Gasteiger partial charge on any atom is -0.452 e. The maximum atomic E-state index is 5.57. The SMILES string of the molecule is CC1CCC(NCc2cc(Br)c(Br)o2)C(C)C1. The molecule has 0 saturated heterocycles. The molecule has 1 heterocycles.